The molecule has 0 saturated carbocycles. The molecule has 4 heteroatoms. The average molecular weight is 313 g/mol. The molecule has 0 aromatic heterocycles. The van der Waals surface area contributed by atoms with E-state index in [-0.39, 0.29) is 22.4 Å². The van der Waals surface area contributed by atoms with Crippen LogP contribution in [-0.2, 0) is 37.3 Å². The van der Waals surface area contributed by atoms with Crippen LogP contribution in [0.2, 0.25) is 0 Å². The molecule has 1 radical (unpaired) electrons. The number of nitriles is 2. The van der Waals surface area contributed by atoms with Gasteiger partial charge in [0.1, 0.15) is 0 Å². The topological polar surface area (TPSA) is 47.6 Å². The van der Waals surface area contributed by atoms with Crippen LogP contribution in [0.5, 0.6) is 0 Å². The van der Waals surface area contributed by atoms with E-state index in [2.05, 4.69) is 0 Å². The fourth-order valence-corrected chi connectivity index (χ4v) is 0.0622. The molecule has 0 rings (SSSR count). The van der Waals surface area contributed by atoms with E-state index in [9.17, 15) is 0 Å². The summed E-state index contributed by atoms with van der Waals surface area (Å²) in [6.45, 7) is 0. The third-order valence-corrected chi connectivity index (χ3v) is 0.278. The zero-order valence-electron chi connectivity index (χ0n) is 2.50. The summed E-state index contributed by atoms with van der Waals surface area (Å²) in [4.78, 5) is 3.12. The van der Waals surface area contributed by atoms with Crippen LogP contribution in [0, 0.1) is 20.5 Å². The Morgan fingerprint density at radius 3 is 1.50 bits per heavy atom. The van der Waals surface area contributed by atoms with Gasteiger partial charge in [-0.05, 0) is 0 Å². The maximum Gasteiger partial charge on any atom is 0 e. The number of nitrogens with zero attached hydrogens (tertiary/aromatic N) is 2. The molecule has 0 atom stereocenters. The van der Waals surface area contributed by atoms with Crippen molar-refractivity contribution >= 4 is 0 Å². The summed E-state index contributed by atoms with van der Waals surface area (Å²) in [5.74, 6) is 0. The second-order valence-electron chi connectivity index (χ2n) is 0.210. The van der Waals surface area contributed by atoms with Crippen LogP contribution in [0.4, 0.5) is 0 Å². The first-order chi connectivity index (χ1) is 2.41. The van der Waals surface area contributed by atoms with Crippen LogP contribution in [0.15, 0.2) is 0 Å². The molecule has 0 spiro atoms. The number of rotatable bonds is 0. The Kier molecular flexibility index (Phi) is 14.3. The minimum absolute atomic E-state index is 0. The van der Waals surface area contributed by atoms with Gasteiger partial charge in [0.15, 0.2) is 0 Å². The van der Waals surface area contributed by atoms with Gasteiger partial charge in [0.25, 0.3) is 0 Å². The Labute approximate surface area is 57.8 Å². The zero-order valence-corrected chi connectivity index (χ0v) is 5.61. The standard InChI is InChI=1S/2CN.Au.Cu/c2*1-2;;. The molecular formula is C2AuCuN2. The fourth-order valence-electron chi connectivity index (χ4n) is 0.0151. The van der Waals surface area contributed by atoms with Gasteiger partial charge < -0.3 is 0 Å². The molecule has 40 valence electrons. The Morgan fingerprint density at radius 1 is 1.17 bits per heavy atom. The summed E-state index contributed by atoms with van der Waals surface area (Å²) in [5.41, 5.74) is 0. The van der Waals surface area contributed by atoms with Gasteiger partial charge in [-0.1, -0.05) is 0 Å². The van der Waals surface area contributed by atoms with Gasteiger partial charge in [0.05, 0.1) is 0 Å². The van der Waals surface area contributed by atoms with Crippen LogP contribution >= 0.6 is 0 Å². The molecule has 0 fully saturated rings. The quantitative estimate of drug-likeness (QED) is 0.593. The molecule has 0 aliphatic heterocycles. The monoisotopic (exact) mass is 312 g/mol. The second kappa shape index (κ2) is 8.97. The Balaban J connectivity index is 0. The molecule has 0 amide bonds. The van der Waals surface area contributed by atoms with Crippen molar-refractivity contribution < 1.29 is 37.3 Å². The summed E-state index contributed by atoms with van der Waals surface area (Å²) in [5, 5.41) is 15.1. The van der Waals surface area contributed by atoms with Crippen molar-refractivity contribution in [1.82, 2.24) is 0 Å². The third-order valence-electron chi connectivity index (χ3n) is 0.0674. The van der Waals surface area contributed by atoms with Gasteiger partial charge in [0, 0.05) is 22.4 Å². The zero-order chi connectivity index (χ0) is 4.12. The van der Waals surface area contributed by atoms with Crippen LogP contribution < -0.4 is 0 Å². The van der Waals surface area contributed by atoms with Gasteiger partial charge >= 0.3 is 35.4 Å². The molecule has 0 bridgehead atoms. The maximum atomic E-state index is 7.55. The van der Waals surface area contributed by atoms with Crippen LogP contribution in [-0.4, -0.2) is 0 Å². The van der Waals surface area contributed by atoms with Crippen molar-refractivity contribution in [3.63, 3.8) is 0 Å². The molecule has 0 aromatic rings. The second-order valence-corrected chi connectivity index (χ2v) is 0.867. The molecule has 0 heterocycles. The van der Waals surface area contributed by atoms with E-state index >= 15 is 0 Å². The van der Waals surface area contributed by atoms with Crippen molar-refractivity contribution in [2.75, 3.05) is 0 Å². The normalized spacial score (nSPS) is 4.33. The fraction of sp³-hybridized carbons (Fsp3) is 0. The molecule has 0 aliphatic carbocycles. The van der Waals surface area contributed by atoms with Gasteiger partial charge in [0.2, 0.25) is 0 Å². The van der Waals surface area contributed by atoms with Crippen molar-refractivity contribution in [2.45, 2.75) is 0 Å². The van der Waals surface area contributed by atoms with Crippen LogP contribution in [0.25, 0.3) is 0 Å². The predicted octanol–water partition coefficient (Wildman–Crippen LogP) is 0.0286. The van der Waals surface area contributed by atoms with Crippen molar-refractivity contribution in [1.29, 1.82) is 10.5 Å². The molecule has 0 saturated heterocycles. The number of hydrogen-bond acceptors (Lipinski definition) is 2. The van der Waals surface area contributed by atoms with E-state index in [1.165, 1.54) is 0 Å². The molecule has 0 aromatic carbocycles. The molecule has 0 N–H and O–H groups in total. The molecule has 0 aliphatic rings. The van der Waals surface area contributed by atoms with Crippen LogP contribution in [0.1, 0.15) is 0 Å². The van der Waals surface area contributed by atoms with Crippen molar-refractivity contribution in [2.24, 2.45) is 0 Å². The Bertz CT molecular complexity index is 76.7. The molecule has 6 heavy (non-hydrogen) atoms. The van der Waals surface area contributed by atoms with E-state index in [0.29, 0.717) is 15.0 Å². The van der Waals surface area contributed by atoms with Gasteiger partial charge in [-0.25, -0.2) is 0 Å². The molecule has 0 unspecified atom stereocenters. The molecule has 2 nitrogen and oxygen atoms in total. The first kappa shape index (κ1) is 9.53. The minimum Gasteiger partial charge on any atom is 0 e. The van der Waals surface area contributed by atoms with Gasteiger partial charge in [-0.3, -0.25) is 0 Å². The third kappa shape index (κ3) is 8.87. The van der Waals surface area contributed by atoms with E-state index in [1.807, 2.05) is 0 Å². The summed E-state index contributed by atoms with van der Waals surface area (Å²) in [6.07, 6.45) is 0. The molecular weight excluding hydrogens is 313 g/mol. The van der Waals surface area contributed by atoms with E-state index in [1.54, 1.807) is 9.94 Å². The van der Waals surface area contributed by atoms with E-state index < -0.39 is 0 Å². The predicted molar refractivity (Wildman–Crippen MR) is 11.2 cm³/mol. The summed E-state index contributed by atoms with van der Waals surface area (Å²) in [6, 6.07) is 0. The van der Waals surface area contributed by atoms with Crippen molar-refractivity contribution in [3.05, 3.63) is 0 Å². The van der Waals surface area contributed by atoms with Gasteiger partial charge in [-0.2, -0.15) is 0 Å². The Morgan fingerprint density at radius 2 is 1.50 bits per heavy atom. The van der Waals surface area contributed by atoms with E-state index in [4.69, 9.17) is 10.5 Å². The average Bonchev–Trinajstić information content (AvgIpc) is 1.41. The number of hydrogen-bond donors (Lipinski definition) is 0. The maximum absolute atomic E-state index is 7.55. The minimum atomic E-state index is 0. The summed E-state index contributed by atoms with van der Waals surface area (Å²) < 4.78 is 0. The summed E-state index contributed by atoms with van der Waals surface area (Å²) >= 11 is 0.646. The van der Waals surface area contributed by atoms with E-state index in [0.717, 1.165) is 0 Å². The Hall–Kier alpha value is 0.240. The smallest absolute Gasteiger partial charge is 0 e. The largest absolute Gasteiger partial charge is 0 e. The van der Waals surface area contributed by atoms with Gasteiger partial charge in [-0.15, -0.1) is 0 Å². The SMILES string of the molecule is N#[C][Cu][C]#N.[Au]. The van der Waals surface area contributed by atoms with Crippen LogP contribution in [0.3, 0.4) is 0 Å². The first-order valence-electron chi connectivity index (χ1n) is 0.749. The van der Waals surface area contributed by atoms with Crippen molar-refractivity contribution in [3.8, 4) is 9.94 Å². The summed E-state index contributed by atoms with van der Waals surface area (Å²) in [7, 11) is 0. The first-order valence-corrected chi connectivity index (χ1v) is 1.69.